The predicted molar refractivity (Wildman–Crippen MR) is 144 cm³/mol. The summed E-state index contributed by atoms with van der Waals surface area (Å²) >= 11 is 2.60. The standard InChI is InChI=1S/C27H21F3N6OS2/c28-27(29,30)20-9-4-10-21(14-20)36-24(19-8-5-12-31-15-19)34-35-26(36)39-17-23-33-22(16-38-23)25(37)32-13-11-18-6-2-1-3-7-18/h1-10,12,14-16H,11,13,17H2,(H,32,37). The van der Waals surface area contributed by atoms with Gasteiger partial charge in [0.15, 0.2) is 11.0 Å². The van der Waals surface area contributed by atoms with Gasteiger partial charge in [-0.2, -0.15) is 13.2 Å². The van der Waals surface area contributed by atoms with E-state index in [4.69, 9.17) is 0 Å². The first-order chi connectivity index (χ1) is 18.9. The van der Waals surface area contributed by atoms with Crippen LogP contribution < -0.4 is 5.32 Å². The van der Waals surface area contributed by atoms with Gasteiger partial charge >= 0.3 is 6.18 Å². The van der Waals surface area contributed by atoms with E-state index < -0.39 is 11.7 Å². The number of thiazole rings is 1. The van der Waals surface area contributed by atoms with Crippen molar-refractivity contribution in [1.29, 1.82) is 0 Å². The predicted octanol–water partition coefficient (Wildman–Crippen LogP) is 6.07. The molecule has 0 fully saturated rings. The number of aromatic nitrogens is 5. The summed E-state index contributed by atoms with van der Waals surface area (Å²) in [6, 6.07) is 18.3. The SMILES string of the molecule is O=C(NCCc1ccccc1)c1csc(CSc2nnc(-c3cccnc3)n2-c2cccc(C(F)(F)F)c2)n1. The zero-order valence-corrected chi connectivity index (χ0v) is 21.9. The number of carbonyl (C=O) groups excluding carboxylic acids is 1. The Kier molecular flexibility index (Phi) is 8.03. The summed E-state index contributed by atoms with van der Waals surface area (Å²) < 4.78 is 41.9. The van der Waals surface area contributed by atoms with Gasteiger partial charge in [0.2, 0.25) is 0 Å². The maximum absolute atomic E-state index is 13.4. The second-order valence-electron chi connectivity index (χ2n) is 8.34. The highest BCUT2D eigenvalue weighted by Crippen LogP contribution is 2.34. The number of halogens is 3. The van der Waals surface area contributed by atoms with Crippen molar-refractivity contribution in [3.05, 3.63) is 106 Å². The maximum Gasteiger partial charge on any atom is 0.416 e. The molecule has 1 amide bonds. The lowest BCUT2D eigenvalue weighted by molar-refractivity contribution is -0.137. The summed E-state index contributed by atoms with van der Waals surface area (Å²) in [6.45, 7) is 0.488. The Balaban J connectivity index is 1.32. The fourth-order valence-corrected chi connectivity index (χ4v) is 5.51. The normalized spacial score (nSPS) is 11.5. The van der Waals surface area contributed by atoms with Crippen molar-refractivity contribution in [2.45, 2.75) is 23.5 Å². The van der Waals surface area contributed by atoms with Gasteiger partial charge < -0.3 is 5.32 Å². The van der Waals surface area contributed by atoms with Crippen molar-refractivity contribution < 1.29 is 18.0 Å². The van der Waals surface area contributed by atoms with Crippen LogP contribution in [0.15, 0.2) is 89.7 Å². The lowest BCUT2D eigenvalue weighted by Crippen LogP contribution is -2.26. The molecule has 0 aliphatic heterocycles. The van der Waals surface area contributed by atoms with E-state index >= 15 is 0 Å². The molecule has 3 heterocycles. The number of benzene rings is 2. The minimum Gasteiger partial charge on any atom is -0.350 e. The van der Waals surface area contributed by atoms with Crippen LogP contribution in [0.3, 0.4) is 0 Å². The summed E-state index contributed by atoms with van der Waals surface area (Å²) in [6.07, 6.45) is -0.608. The van der Waals surface area contributed by atoms with Crippen LogP contribution in [0.5, 0.6) is 0 Å². The molecule has 0 aliphatic carbocycles. The van der Waals surface area contributed by atoms with E-state index in [1.807, 2.05) is 30.3 Å². The molecule has 0 radical (unpaired) electrons. The van der Waals surface area contributed by atoms with Crippen LogP contribution in [0.25, 0.3) is 17.1 Å². The number of amides is 1. The van der Waals surface area contributed by atoms with E-state index in [1.165, 1.54) is 29.2 Å². The van der Waals surface area contributed by atoms with Crippen molar-refractivity contribution in [2.24, 2.45) is 0 Å². The number of hydrogen-bond acceptors (Lipinski definition) is 7. The van der Waals surface area contributed by atoms with Crippen molar-refractivity contribution in [1.82, 2.24) is 30.0 Å². The number of nitrogens with zero attached hydrogens (tertiary/aromatic N) is 5. The second-order valence-corrected chi connectivity index (χ2v) is 10.2. The van der Waals surface area contributed by atoms with Gasteiger partial charge in [0.1, 0.15) is 10.7 Å². The van der Waals surface area contributed by atoms with Gasteiger partial charge in [0, 0.05) is 29.9 Å². The number of thioether (sulfide) groups is 1. The molecule has 7 nitrogen and oxygen atoms in total. The van der Waals surface area contributed by atoms with Crippen molar-refractivity contribution in [3.63, 3.8) is 0 Å². The number of alkyl halides is 3. The number of hydrogen-bond donors (Lipinski definition) is 1. The molecule has 12 heteroatoms. The van der Waals surface area contributed by atoms with E-state index in [9.17, 15) is 18.0 Å². The van der Waals surface area contributed by atoms with E-state index in [-0.39, 0.29) is 11.6 Å². The molecule has 5 aromatic rings. The smallest absolute Gasteiger partial charge is 0.350 e. The number of nitrogens with one attached hydrogen (secondary N) is 1. The molecule has 198 valence electrons. The Morgan fingerprint density at radius 3 is 2.64 bits per heavy atom. The number of rotatable bonds is 9. The lowest BCUT2D eigenvalue weighted by Gasteiger charge is -2.13. The third-order valence-electron chi connectivity index (χ3n) is 5.64. The minimum atomic E-state index is -4.50. The first-order valence-corrected chi connectivity index (χ1v) is 13.7. The van der Waals surface area contributed by atoms with Gasteiger partial charge in [-0.05, 0) is 42.3 Å². The average Bonchev–Trinajstić information content (AvgIpc) is 3.60. The quantitative estimate of drug-likeness (QED) is 0.218. The zero-order chi connectivity index (χ0) is 27.2. The molecule has 0 spiro atoms. The highest BCUT2D eigenvalue weighted by Gasteiger charge is 2.31. The first kappa shape index (κ1) is 26.6. The Bertz CT molecular complexity index is 1550. The molecule has 0 atom stereocenters. The van der Waals surface area contributed by atoms with Gasteiger partial charge in [-0.15, -0.1) is 21.5 Å². The molecule has 0 aliphatic rings. The van der Waals surface area contributed by atoms with Crippen LogP contribution in [0, 0.1) is 0 Å². The number of carbonyl (C=O) groups is 1. The summed E-state index contributed by atoms with van der Waals surface area (Å²) in [7, 11) is 0. The van der Waals surface area contributed by atoms with Crippen LogP contribution >= 0.6 is 23.1 Å². The van der Waals surface area contributed by atoms with Crippen LogP contribution in [0.4, 0.5) is 13.2 Å². The largest absolute Gasteiger partial charge is 0.416 e. The first-order valence-electron chi connectivity index (χ1n) is 11.8. The number of pyridine rings is 1. The minimum absolute atomic E-state index is 0.260. The Hall–Kier alpha value is -4.03. The summed E-state index contributed by atoms with van der Waals surface area (Å²) in [5.41, 5.74) is 1.55. The molecule has 1 N–H and O–H groups in total. The monoisotopic (exact) mass is 566 g/mol. The van der Waals surface area contributed by atoms with Gasteiger partial charge in [0.05, 0.1) is 17.0 Å². The van der Waals surface area contributed by atoms with Crippen molar-refractivity contribution in [3.8, 4) is 17.1 Å². The zero-order valence-electron chi connectivity index (χ0n) is 20.3. The molecular weight excluding hydrogens is 545 g/mol. The third-order valence-corrected chi connectivity index (χ3v) is 7.61. The fourth-order valence-electron chi connectivity index (χ4n) is 3.76. The highest BCUT2D eigenvalue weighted by atomic mass is 32.2. The lowest BCUT2D eigenvalue weighted by atomic mass is 10.1. The molecule has 2 aromatic carbocycles. The van der Waals surface area contributed by atoms with Crippen LogP contribution in [0.1, 0.15) is 26.6 Å². The summed E-state index contributed by atoms with van der Waals surface area (Å²) in [4.78, 5) is 21.1. The van der Waals surface area contributed by atoms with E-state index in [2.05, 4.69) is 25.5 Å². The van der Waals surface area contributed by atoms with E-state index in [0.717, 1.165) is 17.7 Å². The van der Waals surface area contributed by atoms with Gasteiger partial charge in [-0.1, -0.05) is 48.2 Å². The highest BCUT2D eigenvalue weighted by molar-refractivity contribution is 7.98. The molecule has 5 rings (SSSR count). The molecule has 39 heavy (non-hydrogen) atoms. The van der Waals surface area contributed by atoms with Crippen molar-refractivity contribution in [2.75, 3.05) is 6.54 Å². The Labute approximate surface area is 230 Å². The van der Waals surface area contributed by atoms with Gasteiger partial charge in [-0.3, -0.25) is 14.3 Å². The van der Waals surface area contributed by atoms with Crippen LogP contribution in [-0.2, 0) is 18.3 Å². The van der Waals surface area contributed by atoms with Gasteiger partial charge in [-0.25, -0.2) is 4.98 Å². The average molecular weight is 567 g/mol. The molecule has 0 saturated heterocycles. The fraction of sp³-hybridized carbons (Fsp3) is 0.148. The third kappa shape index (κ3) is 6.52. The topological polar surface area (TPSA) is 85.6 Å². The molecule has 3 aromatic heterocycles. The van der Waals surface area contributed by atoms with Crippen LogP contribution in [0.2, 0.25) is 0 Å². The van der Waals surface area contributed by atoms with E-state index in [1.54, 1.807) is 40.5 Å². The molecule has 0 saturated carbocycles. The second kappa shape index (κ2) is 11.8. The van der Waals surface area contributed by atoms with Crippen LogP contribution in [-0.4, -0.2) is 37.2 Å². The summed E-state index contributed by atoms with van der Waals surface area (Å²) in [5, 5.41) is 14.1. The maximum atomic E-state index is 13.4. The molecule has 0 bridgehead atoms. The summed E-state index contributed by atoms with van der Waals surface area (Å²) in [5.74, 6) is 0.457. The van der Waals surface area contributed by atoms with Gasteiger partial charge in [0.25, 0.3) is 5.91 Å². The Morgan fingerprint density at radius 1 is 1.03 bits per heavy atom. The molecular formula is C27H21F3N6OS2. The van der Waals surface area contributed by atoms with Crippen molar-refractivity contribution >= 4 is 29.0 Å². The molecule has 0 unspecified atom stereocenters. The van der Waals surface area contributed by atoms with E-state index in [0.29, 0.717) is 46.0 Å². The Morgan fingerprint density at radius 2 is 1.87 bits per heavy atom.